The van der Waals surface area contributed by atoms with Gasteiger partial charge in [-0.1, -0.05) is 30.2 Å². The standard InChI is InChI=1S/C18H24O2/c1-12-3-2-4-13-5-6-15(11-17(12)13)18(20)14-7-9-16(19)10-8-14/h7-10,12,15,18-20H,2-6,11H2,1H3. The summed E-state index contributed by atoms with van der Waals surface area (Å²) in [6.45, 7) is 2.34. The van der Waals surface area contributed by atoms with Crippen molar-refractivity contribution in [3.63, 3.8) is 0 Å². The Labute approximate surface area is 121 Å². The van der Waals surface area contributed by atoms with Gasteiger partial charge in [0.15, 0.2) is 0 Å². The van der Waals surface area contributed by atoms with E-state index in [-0.39, 0.29) is 5.75 Å². The third kappa shape index (κ3) is 2.62. The summed E-state index contributed by atoms with van der Waals surface area (Å²) >= 11 is 0. The van der Waals surface area contributed by atoms with Crippen LogP contribution in [0, 0.1) is 11.8 Å². The minimum absolute atomic E-state index is 0.260. The Hall–Kier alpha value is -1.28. The molecule has 0 bridgehead atoms. The van der Waals surface area contributed by atoms with Crippen LogP contribution in [0.15, 0.2) is 35.4 Å². The first-order chi connectivity index (χ1) is 9.65. The number of benzene rings is 1. The van der Waals surface area contributed by atoms with E-state index in [9.17, 15) is 10.2 Å². The second-order valence-electron chi connectivity index (χ2n) is 6.46. The molecule has 0 fully saturated rings. The summed E-state index contributed by atoms with van der Waals surface area (Å²) in [5.74, 6) is 1.29. The predicted octanol–water partition coefficient (Wildman–Crippen LogP) is 4.34. The Kier molecular flexibility index (Phi) is 3.84. The van der Waals surface area contributed by atoms with E-state index < -0.39 is 6.10 Å². The molecular formula is C18H24O2. The Morgan fingerprint density at radius 1 is 1.10 bits per heavy atom. The lowest BCUT2D eigenvalue weighted by Crippen LogP contribution is -2.22. The lowest BCUT2D eigenvalue weighted by Gasteiger charge is -2.36. The van der Waals surface area contributed by atoms with E-state index in [0.717, 1.165) is 18.4 Å². The van der Waals surface area contributed by atoms with Crippen molar-refractivity contribution in [3.05, 3.63) is 41.0 Å². The van der Waals surface area contributed by atoms with Gasteiger partial charge in [-0.05, 0) is 68.1 Å². The zero-order valence-electron chi connectivity index (χ0n) is 12.2. The number of aromatic hydroxyl groups is 1. The normalized spacial score (nSPS) is 28.1. The minimum atomic E-state index is -0.404. The van der Waals surface area contributed by atoms with E-state index in [2.05, 4.69) is 6.92 Å². The maximum atomic E-state index is 10.6. The zero-order chi connectivity index (χ0) is 14.1. The molecule has 0 aromatic heterocycles. The highest BCUT2D eigenvalue weighted by Crippen LogP contribution is 2.44. The van der Waals surface area contributed by atoms with Gasteiger partial charge >= 0.3 is 0 Å². The fraction of sp³-hybridized carbons (Fsp3) is 0.556. The molecule has 0 saturated heterocycles. The van der Waals surface area contributed by atoms with E-state index >= 15 is 0 Å². The number of phenols is 1. The highest BCUT2D eigenvalue weighted by Gasteiger charge is 2.30. The highest BCUT2D eigenvalue weighted by atomic mass is 16.3. The van der Waals surface area contributed by atoms with E-state index in [4.69, 9.17) is 0 Å². The van der Waals surface area contributed by atoms with Gasteiger partial charge in [-0.15, -0.1) is 0 Å². The molecule has 3 unspecified atom stereocenters. The van der Waals surface area contributed by atoms with Crippen molar-refractivity contribution in [1.29, 1.82) is 0 Å². The van der Waals surface area contributed by atoms with Gasteiger partial charge in [0, 0.05) is 0 Å². The summed E-state index contributed by atoms with van der Waals surface area (Å²) in [4.78, 5) is 0. The third-order valence-electron chi connectivity index (χ3n) is 5.14. The van der Waals surface area contributed by atoms with E-state index in [1.165, 1.54) is 25.7 Å². The smallest absolute Gasteiger partial charge is 0.115 e. The number of aliphatic hydroxyl groups excluding tert-OH is 1. The number of hydrogen-bond acceptors (Lipinski definition) is 2. The number of hydrogen-bond donors (Lipinski definition) is 2. The Bertz CT molecular complexity index is 501. The summed E-state index contributed by atoms with van der Waals surface area (Å²) in [5.41, 5.74) is 4.24. The number of aliphatic hydroxyl groups is 1. The average molecular weight is 272 g/mol. The molecule has 0 aliphatic heterocycles. The second kappa shape index (κ2) is 5.61. The molecule has 2 aliphatic rings. The first kappa shape index (κ1) is 13.7. The van der Waals surface area contributed by atoms with Crippen LogP contribution in [-0.4, -0.2) is 10.2 Å². The molecule has 2 nitrogen and oxygen atoms in total. The van der Waals surface area contributed by atoms with Crippen molar-refractivity contribution in [3.8, 4) is 5.75 Å². The fourth-order valence-electron chi connectivity index (χ4n) is 3.89. The molecule has 2 heteroatoms. The lowest BCUT2D eigenvalue weighted by molar-refractivity contribution is 0.0962. The number of rotatable bonds is 2. The molecule has 3 atom stereocenters. The van der Waals surface area contributed by atoms with Crippen molar-refractivity contribution in [2.24, 2.45) is 11.8 Å². The highest BCUT2D eigenvalue weighted by molar-refractivity contribution is 5.29. The maximum Gasteiger partial charge on any atom is 0.115 e. The molecular weight excluding hydrogens is 248 g/mol. The summed E-state index contributed by atoms with van der Waals surface area (Å²) < 4.78 is 0. The van der Waals surface area contributed by atoms with Gasteiger partial charge in [-0.25, -0.2) is 0 Å². The monoisotopic (exact) mass is 272 g/mol. The fourth-order valence-corrected chi connectivity index (χ4v) is 3.89. The second-order valence-corrected chi connectivity index (χ2v) is 6.46. The molecule has 1 aromatic carbocycles. The molecule has 108 valence electrons. The van der Waals surface area contributed by atoms with Crippen LogP contribution in [0.2, 0.25) is 0 Å². The first-order valence-electron chi connectivity index (χ1n) is 7.83. The molecule has 0 saturated carbocycles. The van der Waals surface area contributed by atoms with Crippen LogP contribution in [-0.2, 0) is 0 Å². The van der Waals surface area contributed by atoms with Crippen LogP contribution >= 0.6 is 0 Å². The van der Waals surface area contributed by atoms with Crippen molar-refractivity contribution < 1.29 is 10.2 Å². The van der Waals surface area contributed by atoms with Crippen LogP contribution in [0.25, 0.3) is 0 Å². The maximum absolute atomic E-state index is 10.6. The summed E-state index contributed by atoms with van der Waals surface area (Å²) in [6.07, 6.45) is 6.83. The van der Waals surface area contributed by atoms with E-state index in [1.807, 2.05) is 12.1 Å². The molecule has 2 N–H and O–H groups in total. The molecule has 0 heterocycles. The summed E-state index contributed by atoms with van der Waals surface area (Å²) in [5, 5.41) is 20.0. The first-order valence-corrected chi connectivity index (χ1v) is 7.83. The van der Waals surface area contributed by atoms with Gasteiger partial charge in [0.1, 0.15) is 5.75 Å². The van der Waals surface area contributed by atoms with Crippen LogP contribution < -0.4 is 0 Å². The van der Waals surface area contributed by atoms with E-state index in [1.54, 1.807) is 23.3 Å². The molecule has 0 spiro atoms. The Morgan fingerprint density at radius 2 is 1.85 bits per heavy atom. The minimum Gasteiger partial charge on any atom is -0.508 e. The van der Waals surface area contributed by atoms with Gasteiger partial charge in [-0.3, -0.25) is 0 Å². The molecule has 3 rings (SSSR count). The van der Waals surface area contributed by atoms with Gasteiger partial charge < -0.3 is 10.2 Å². The quantitative estimate of drug-likeness (QED) is 0.786. The van der Waals surface area contributed by atoms with Crippen molar-refractivity contribution >= 4 is 0 Å². The van der Waals surface area contributed by atoms with Gasteiger partial charge in [0.05, 0.1) is 6.10 Å². The van der Waals surface area contributed by atoms with Crippen molar-refractivity contribution in [1.82, 2.24) is 0 Å². The third-order valence-corrected chi connectivity index (χ3v) is 5.14. The largest absolute Gasteiger partial charge is 0.508 e. The molecule has 20 heavy (non-hydrogen) atoms. The van der Waals surface area contributed by atoms with Crippen LogP contribution in [0.1, 0.15) is 57.1 Å². The van der Waals surface area contributed by atoms with Crippen LogP contribution in [0.3, 0.4) is 0 Å². The SMILES string of the molecule is CC1CCCC2=C1CC(C(O)c1ccc(O)cc1)CC2. The van der Waals surface area contributed by atoms with Crippen LogP contribution in [0.4, 0.5) is 0 Å². The topological polar surface area (TPSA) is 40.5 Å². The summed E-state index contributed by atoms with van der Waals surface area (Å²) in [6, 6.07) is 7.01. The van der Waals surface area contributed by atoms with E-state index in [0.29, 0.717) is 11.8 Å². The molecule has 0 radical (unpaired) electrons. The van der Waals surface area contributed by atoms with Crippen molar-refractivity contribution in [2.75, 3.05) is 0 Å². The molecule has 1 aromatic rings. The van der Waals surface area contributed by atoms with Gasteiger partial charge in [0.2, 0.25) is 0 Å². The number of phenolic OH excluding ortho intramolecular Hbond substituents is 1. The molecule has 2 aliphatic carbocycles. The number of allylic oxidation sites excluding steroid dienone is 2. The molecule has 0 amide bonds. The van der Waals surface area contributed by atoms with Crippen molar-refractivity contribution in [2.45, 2.75) is 51.6 Å². The Morgan fingerprint density at radius 3 is 2.60 bits per heavy atom. The predicted molar refractivity (Wildman–Crippen MR) is 80.4 cm³/mol. The van der Waals surface area contributed by atoms with Crippen LogP contribution in [0.5, 0.6) is 5.75 Å². The lowest BCUT2D eigenvalue weighted by atomic mass is 9.71. The van der Waals surface area contributed by atoms with Gasteiger partial charge in [-0.2, -0.15) is 0 Å². The average Bonchev–Trinajstić information content (AvgIpc) is 2.47. The Balaban J connectivity index is 1.76. The zero-order valence-corrected chi connectivity index (χ0v) is 12.2. The van der Waals surface area contributed by atoms with Gasteiger partial charge in [0.25, 0.3) is 0 Å². The summed E-state index contributed by atoms with van der Waals surface area (Å²) in [7, 11) is 0.